The Morgan fingerprint density at radius 3 is 0.769 bits per heavy atom. The highest BCUT2D eigenvalue weighted by atomic mass is 16.3. The third-order valence-corrected chi connectivity index (χ3v) is 28.6. The Bertz CT molecular complexity index is 8030. The third-order valence-electron chi connectivity index (χ3n) is 28.6. The lowest BCUT2D eigenvalue weighted by Crippen LogP contribution is -2.44. The monoisotopic (exact) mass is 1660 g/mol. The molecule has 26 rings (SSSR count). The van der Waals surface area contributed by atoms with Gasteiger partial charge in [0.15, 0.2) is 0 Å². The van der Waals surface area contributed by atoms with Crippen LogP contribution in [0.5, 0.6) is 0 Å². The molecular formula is C126H86N2O2. The molecule has 4 aliphatic rings. The predicted octanol–water partition coefficient (Wildman–Crippen LogP) is 32.8. The van der Waals surface area contributed by atoms with Crippen molar-refractivity contribution in [3.05, 3.63) is 563 Å². The van der Waals surface area contributed by atoms with E-state index < -0.39 is 16.2 Å². The molecule has 20 aromatic carbocycles. The number of furan rings is 2. The van der Waals surface area contributed by atoms with Crippen LogP contribution in [0.4, 0.5) is 34.1 Å². The summed E-state index contributed by atoms with van der Waals surface area (Å²) in [5.41, 5.74) is 41.4. The zero-order chi connectivity index (χ0) is 86.2. The Balaban J connectivity index is 0.000000142. The van der Waals surface area contributed by atoms with E-state index in [9.17, 15) is 0 Å². The van der Waals surface area contributed by atoms with E-state index in [0.29, 0.717) is 0 Å². The van der Waals surface area contributed by atoms with Crippen LogP contribution in [0.3, 0.4) is 0 Å². The zero-order valence-corrected chi connectivity index (χ0v) is 71.9. The van der Waals surface area contributed by atoms with E-state index in [1.807, 2.05) is 24.3 Å². The minimum atomic E-state index is -0.574. The predicted molar refractivity (Wildman–Crippen MR) is 537 cm³/mol. The normalized spacial score (nSPS) is 13.9. The highest BCUT2D eigenvalue weighted by Crippen LogP contribution is 2.67. The third kappa shape index (κ3) is 11.6. The van der Waals surface area contributed by atoms with Crippen molar-refractivity contribution in [3.8, 4) is 66.8 Å². The van der Waals surface area contributed by atoms with Gasteiger partial charge in [0.2, 0.25) is 0 Å². The molecule has 130 heavy (non-hydrogen) atoms. The maximum absolute atomic E-state index is 6.32. The lowest BCUT2D eigenvalue weighted by atomic mass is 9.51. The van der Waals surface area contributed by atoms with E-state index in [0.717, 1.165) is 100 Å². The molecule has 22 aromatic rings. The Morgan fingerprint density at radius 1 is 0.162 bits per heavy atom. The van der Waals surface area contributed by atoms with Gasteiger partial charge in [0, 0.05) is 61.1 Å². The molecule has 0 saturated carbocycles. The lowest BCUT2D eigenvalue weighted by molar-refractivity contribution is 0.563. The van der Waals surface area contributed by atoms with Gasteiger partial charge in [-0.3, -0.25) is 0 Å². The van der Waals surface area contributed by atoms with Crippen molar-refractivity contribution in [2.75, 3.05) is 9.80 Å². The van der Waals surface area contributed by atoms with Gasteiger partial charge < -0.3 is 18.6 Å². The average Bonchev–Trinajstić information content (AvgIpc) is 1.41. The fourth-order valence-electron chi connectivity index (χ4n) is 22.9. The molecule has 4 aliphatic carbocycles. The topological polar surface area (TPSA) is 32.8 Å². The average molecular weight is 1660 g/mol. The summed E-state index contributed by atoms with van der Waals surface area (Å²) < 4.78 is 12.6. The number of hydrogen-bond donors (Lipinski definition) is 0. The second kappa shape index (κ2) is 30.2. The minimum Gasteiger partial charge on any atom is -0.456 e. The molecule has 0 radical (unpaired) electrons. The van der Waals surface area contributed by atoms with Gasteiger partial charge in [-0.25, -0.2) is 0 Å². The first-order valence-electron chi connectivity index (χ1n) is 45.2. The molecule has 4 nitrogen and oxygen atoms in total. The second-order valence-corrected chi connectivity index (χ2v) is 35.5. The molecule has 612 valence electrons. The maximum atomic E-state index is 6.32. The van der Waals surface area contributed by atoms with Crippen LogP contribution in [0.25, 0.3) is 111 Å². The summed E-state index contributed by atoms with van der Waals surface area (Å²) >= 11 is 0. The molecule has 0 bridgehead atoms. The fourth-order valence-corrected chi connectivity index (χ4v) is 22.9. The second-order valence-electron chi connectivity index (χ2n) is 35.5. The van der Waals surface area contributed by atoms with Gasteiger partial charge in [-0.2, -0.15) is 0 Å². The van der Waals surface area contributed by atoms with Gasteiger partial charge in [-0.05, 0) is 254 Å². The first-order valence-corrected chi connectivity index (χ1v) is 45.2. The van der Waals surface area contributed by atoms with Crippen molar-refractivity contribution in [1.29, 1.82) is 0 Å². The van der Waals surface area contributed by atoms with Gasteiger partial charge >= 0.3 is 0 Å². The summed E-state index contributed by atoms with van der Waals surface area (Å²) in [6, 6.07) is 179. The molecule has 0 atom stereocenters. The molecule has 2 aromatic heterocycles. The summed E-state index contributed by atoms with van der Waals surface area (Å²) in [4.78, 5) is 4.81. The van der Waals surface area contributed by atoms with Crippen molar-refractivity contribution in [3.63, 3.8) is 0 Å². The molecule has 2 heterocycles. The van der Waals surface area contributed by atoms with Crippen LogP contribution < -0.4 is 9.80 Å². The molecule has 0 N–H and O–H groups in total. The van der Waals surface area contributed by atoms with Crippen molar-refractivity contribution >= 4 is 78.0 Å². The highest BCUT2D eigenvalue weighted by molar-refractivity contribution is 6.07. The summed E-state index contributed by atoms with van der Waals surface area (Å²) in [6.07, 6.45) is 0. The van der Waals surface area contributed by atoms with Crippen molar-refractivity contribution < 1.29 is 8.83 Å². The van der Waals surface area contributed by atoms with Crippen LogP contribution in [0, 0.1) is 0 Å². The first kappa shape index (κ1) is 76.1. The van der Waals surface area contributed by atoms with Crippen molar-refractivity contribution in [2.24, 2.45) is 0 Å². The summed E-state index contributed by atoms with van der Waals surface area (Å²) in [6.45, 7) is 4.76. The summed E-state index contributed by atoms with van der Waals surface area (Å²) in [7, 11) is 0. The smallest absolute Gasteiger partial charge is 0.136 e. The molecule has 0 unspecified atom stereocenters. The number of hydrogen-bond acceptors (Lipinski definition) is 4. The lowest BCUT2D eigenvalue weighted by Gasteiger charge is -2.50. The van der Waals surface area contributed by atoms with E-state index >= 15 is 0 Å². The SMILES string of the molecule is CC1(C)c2ccccc2C2(c3ccccc3-c3cc(N(c4ccc(-c5ccccc5)cc4)c4ccc(-c5ccc6c(c5)oc5ccccc56)cc4)ccc32)c2ccccc21.c1ccc(-c2ccc(N(c3ccc(-c4ccc5c(c4)oc4ccccc45)cc3)c3ccc4c(c3)-c3ccccc3C43c4ccccc4C(c4ccccc4)(c4ccccc4)c4ccccc43)cc2)cc1. The van der Waals surface area contributed by atoms with Gasteiger partial charge in [0.1, 0.15) is 22.3 Å². The minimum absolute atomic E-state index is 0.136. The number of fused-ring (bicyclic) bond motifs is 24. The van der Waals surface area contributed by atoms with Crippen LogP contribution >= 0.6 is 0 Å². The molecule has 4 heteroatoms. The fraction of sp³-hybridized carbons (Fsp3) is 0.0476. The number of nitrogens with zero attached hydrogens (tertiary/aromatic N) is 2. The van der Waals surface area contributed by atoms with Gasteiger partial charge in [0.25, 0.3) is 0 Å². The quantitative estimate of drug-likeness (QED) is 0.122. The van der Waals surface area contributed by atoms with E-state index in [4.69, 9.17) is 8.83 Å². The van der Waals surface area contributed by atoms with Crippen LogP contribution in [-0.2, 0) is 21.7 Å². The van der Waals surface area contributed by atoms with E-state index in [-0.39, 0.29) is 5.41 Å². The standard InChI is InChI=1S/C68H45NO.C58H41NO/c1-4-18-46(19-5-1)47-32-37-52(38-33-47)69(53-39-34-48(35-40-53)49-36-42-57-56-25-11-17-31-65(56)70-66(57)44-49)54-41-43-60-58(45-54)55-24-10-12-26-59(55)68(60)63-29-15-13-27-61(63)67(50-20-6-2-7-21-50,51-22-8-3-9-23-51)62-28-14-16-30-64(62)68;1-57(2)51-19-9-11-21-53(51)58(54-22-12-10-20-52(54)57)49-18-8-6-16-45(49)48-37-44(33-35-50(48)58)59(42-29-24-39(25-30-42)38-14-4-3-5-15-38)43-31-26-40(27-32-43)41-28-34-47-46-17-7-13-23-55(46)60-56(47)36-41/h1-45H;3-37H,1-2H3. The Labute approximate surface area is 756 Å². The zero-order valence-electron chi connectivity index (χ0n) is 71.9. The van der Waals surface area contributed by atoms with E-state index in [1.54, 1.807) is 0 Å². The van der Waals surface area contributed by atoms with E-state index in [1.165, 1.54) is 122 Å². The van der Waals surface area contributed by atoms with Crippen LogP contribution in [0.15, 0.2) is 494 Å². The largest absolute Gasteiger partial charge is 0.456 e. The van der Waals surface area contributed by atoms with Gasteiger partial charge in [-0.1, -0.05) is 390 Å². The molecule has 2 spiro atoms. The number of para-hydroxylation sites is 2. The number of rotatable bonds is 12. The van der Waals surface area contributed by atoms with Crippen LogP contribution in [-0.4, -0.2) is 0 Å². The molecule has 0 amide bonds. The summed E-state index contributed by atoms with van der Waals surface area (Å²) in [5, 5.41) is 4.56. The molecule has 0 saturated heterocycles. The Morgan fingerprint density at radius 2 is 0.408 bits per heavy atom. The van der Waals surface area contributed by atoms with Crippen LogP contribution in [0.1, 0.15) is 91.7 Å². The maximum Gasteiger partial charge on any atom is 0.136 e. The van der Waals surface area contributed by atoms with E-state index in [2.05, 4.69) is 485 Å². The number of benzene rings is 20. The van der Waals surface area contributed by atoms with Crippen molar-refractivity contribution in [1.82, 2.24) is 0 Å². The molecule has 0 aliphatic heterocycles. The first-order chi connectivity index (χ1) is 64.2. The van der Waals surface area contributed by atoms with Crippen molar-refractivity contribution in [2.45, 2.75) is 35.5 Å². The van der Waals surface area contributed by atoms with Crippen LogP contribution in [0.2, 0.25) is 0 Å². The molecule has 0 fully saturated rings. The highest BCUT2D eigenvalue weighted by Gasteiger charge is 2.58. The van der Waals surface area contributed by atoms with Gasteiger partial charge in [0.05, 0.1) is 16.2 Å². The molecular weight excluding hydrogens is 1570 g/mol. The van der Waals surface area contributed by atoms with Gasteiger partial charge in [-0.15, -0.1) is 0 Å². The Hall–Kier alpha value is -16.4. The Kier molecular flexibility index (Phi) is 17.7. The summed E-state index contributed by atoms with van der Waals surface area (Å²) in [5.74, 6) is 0. The number of anilines is 6.